The van der Waals surface area contributed by atoms with Crippen molar-refractivity contribution in [1.29, 1.82) is 0 Å². The Morgan fingerprint density at radius 1 is 1.26 bits per heavy atom. The summed E-state index contributed by atoms with van der Waals surface area (Å²) in [5, 5.41) is 2.68. The second kappa shape index (κ2) is 10.5. The maximum Gasteiger partial charge on any atom is 0.407 e. The lowest BCUT2D eigenvalue weighted by Gasteiger charge is -2.19. The lowest BCUT2D eigenvalue weighted by atomic mass is 10.1. The summed E-state index contributed by atoms with van der Waals surface area (Å²) in [6.45, 7) is 8.73. The van der Waals surface area contributed by atoms with Crippen molar-refractivity contribution >= 4 is 29.4 Å². The Kier molecular flexibility index (Phi) is 7.73. The van der Waals surface area contributed by atoms with E-state index in [-0.39, 0.29) is 5.91 Å². The third kappa shape index (κ3) is 6.56. The molecular weight excluding hydrogens is 448 g/mol. The van der Waals surface area contributed by atoms with Gasteiger partial charge in [-0.1, -0.05) is 12.2 Å². The van der Waals surface area contributed by atoms with Crippen LogP contribution in [0.4, 0.5) is 10.5 Å². The Hall–Kier alpha value is -3.95. The van der Waals surface area contributed by atoms with E-state index in [0.29, 0.717) is 43.1 Å². The van der Waals surface area contributed by atoms with E-state index in [1.54, 1.807) is 45.2 Å². The van der Waals surface area contributed by atoms with Crippen LogP contribution < -0.4 is 20.5 Å². The van der Waals surface area contributed by atoms with E-state index in [0.717, 1.165) is 11.3 Å². The van der Waals surface area contributed by atoms with E-state index in [4.69, 9.17) is 10.5 Å². The second-order valence-corrected chi connectivity index (χ2v) is 9.26. The molecule has 0 spiro atoms. The van der Waals surface area contributed by atoms with Crippen molar-refractivity contribution in [3.05, 3.63) is 59.7 Å². The number of aliphatic imine (C=N–C) groups is 1. The van der Waals surface area contributed by atoms with Crippen LogP contribution in [-0.4, -0.2) is 47.0 Å². The minimum atomic E-state index is -0.566. The van der Waals surface area contributed by atoms with Crippen LogP contribution >= 0.6 is 0 Å². The number of nitrogens with two attached hydrogens (primary N) is 1. The van der Waals surface area contributed by atoms with Crippen LogP contribution in [0.2, 0.25) is 0 Å². The zero-order valence-corrected chi connectivity index (χ0v) is 20.9. The average molecular weight is 482 g/mol. The van der Waals surface area contributed by atoms with Crippen molar-refractivity contribution < 1.29 is 23.7 Å². The maximum absolute atomic E-state index is 13.0. The highest BCUT2D eigenvalue weighted by Crippen LogP contribution is 2.30. The van der Waals surface area contributed by atoms with E-state index < -0.39 is 17.6 Å². The first-order chi connectivity index (χ1) is 16.5. The molecule has 186 valence electrons. The second-order valence-electron chi connectivity index (χ2n) is 9.26. The van der Waals surface area contributed by atoms with Crippen molar-refractivity contribution in [3.8, 4) is 0 Å². The number of nitrogens with one attached hydrogen (secondary N) is 1. The highest BCUT2D eigenvalue weighted by Gasteiger charge is 2.28. The summed E-state index contributed by atoms with van der Waals surface area (Å²) in [6.07, 6.45) is 7.17. The fourth-order valence-corrected chi connectivity index (χ4v) is 3.76. The van der Waals surface area contributed by atoms with Gasteiger partial charge in [-0.3, -0.25) is 9.59 Å². The van der Waals surface area contributed by atoms with Gasteiger partial charge in [0.2, 0.25) is 17.9 Å². The van der Waals surface area contributed by atoms with Crippen molar-refractivity contribution in [3.63, 3.8) is 0 Å². The predicted octanol–water partition coefficient (Wildman–Crippen LogP) is 2.11. The molecule has 0 radical (unpaired) electrons. The number of aromatic nitrogens is 2. The van der Waals surface area contributed by atoms with Gasteiger partial charge in [-0.05, 0) is 51.5 Å². The number of fused-ring (bicyclic) bond motifs is 1. The number of alkyl carbamates (subject to hydrolysis) is 1. The standard InChI is InChI=1S/C25H32N6O4/c1-6-30-16-29(5)15-20(30)23(33)28-21-14-18-13-17(22(26)32)9-10-19(18)31(21)12-8-7-11-27-24(34)35-25(2,3)4/h7-10,13,15-16H,6,11-12,14H2,1-5H3,(H2-,26,27,32,34)/p+1/b8-7+,28-21?. The number of ether oxygens (including phenoxy) is 1. The summed E-state index contributed by atoms with van der Waals surface area (Å²) in [6, 6.07) is 5.21. The molecule has 3 N–H and O–H groups in total. The summed E-state index contributed by atoms with van der Waals surface area (Å²) in [5.41, 5.74) is 7.49. The van der Waals surface area contributed by atoms with Gasteiger partial charge >= 0.3 is 12.0 Å². The van der Waals surface area contributed by atoms with Crippen molar-refractivity contribution in [1.82, 2.24) is 9.88 Å². The average Bonchev–Trinajstić information content (AvgIpc) is 3.31. The topological polar surface area (TPSA) is 123 Å². The summed E-state index contributed by atoms with van der Waals surface area (Å²) < 4.78 is 8.88. The molecule has 0 saturated heterocycles. The van der Waals surface area contributed by atoms with Crippen LogP contribution in [0.25, 0.3) is 0 Å². The van der Waals surface area contributed by atoms with Crippen LogP contribution in [0.15, 0.2) is 47.9 Å². The number of nitrogens with zero attached hydrogens (tertiary/aromatic N) is 4. The lowest BCUT2D eigenvalue weighted by Crippen LogP contribution is -2.32. The van der Waals surface area contributed by atoms with Gasteiger partial charge in [-0.15, -0.1) is 0 Å². The van der Waals surface area contributed by atoms with E-state index >= 15 is 0 Å². The molecule has 0 fully saturated rings. The summed E-state index contributed by atoms with van der Waals surface area (Å²) in [7, 11) is 1.86. The molecule has 2 heterocycles. The smallest absolute Gasteiger partial charge is 0.407 e. The summed E-state index contributed by atoms with van der Waals surface area (Å²) >= 11 is 0. The SMILES string of the molecule is CCn1c[n+](C)cc1C(=O)N=C1Cc2cc(C(N)=O)ccc2N1C/C=C/CNC(=O)OC(C)(C)C. The van der Waals surface area contributed by atoms with Gasteiger partial charge in [0.1, 0.15) is 17.6 Å². The third-order valence-corrected chi connectivity index (χ3v) is 5.28. The summed E-state index contributed by atoms with van der Waals surface area (Å²) in [4.78, 5) is 42.8. The molecule has 0 aliphatic carbocycles. The Labute approximate surface area is 205 Å². The van der Waals surface area contributed by atoms with Crippen LogP contribution in [-0.2, 0) is 24.8 Å². The monoisotopic (exact) mass is 481 g/mol. The molecule has 1 aromatic carbocycles. The molecule has 3 rings (SSSR count). The van der Waals surface area contributed by atoms with E-state index in [2.05, 4.69) is 10.3 Å². The molecule has 2 aromatic rings. The number of hydrogen-bond donors (Lipinski definition) is 2. The number of imidazole rings is 1. The molecule has 0 saturated carbocycles. The number of carbonyl (C=O) groups is 3. The van der Waals surface area contributed by atoms with Gasteiger partial charge in [-0.25, -0.2) is 13.9 Å². The zero-order chi connectivity index (χ0) is 25.8. The Morgan fingerprint density at radius 2 is 2.00 bits per heavy atom. The fraction of sp³-hybridized carbons (Fsp3) is 0.400. The molecule has 10 heteroatoms. The first-order valence-electron chi connectivity index (χ1n) is 11.5. The lowest BCUT2D eigenvalue weighted by molar-refractivity contribution is -0.671. The number of aryl methyl sites for hydroxylation is 2. The van der Waals surface area contributed by atoms with Gasteiger partial charge in [-0.2, -0.15) is 4.99 Å². The largest absolute Gasteiger partial charge is 0.444 e. The van der Waals surface area contributed by atoms with Crippen molar-refractivity contribution in [2.75, 3.05) is 18.0 Å². The van der Waals surface area contributed by atoms with Gasteiger partial charge in [0.15, 0.2) is 0 Å². The van der Waals surface area contributed by atoms with E-state index in [1.807, 2.05) is 46.5 Å². The number of hydrogen-bond acceptors (Lipinski definition) is 4. The van der Waals surface area contributed by atoms with Gasteiger partial charge in [0.25, 0.3) is 0 Å². The molecule has 1 aromatic heterocycles. The molecule has 1 aliphatic heterocycles. The number of amidine groups is 1. The molecule has 35 heavy (non-hydrogen) atoms. The number of primary amides is 1. The van der Waals surface area contributed by atoms with Gasteiger partial charge in [0, 0.05) is 30.8 Å². The van der Waals surface area contributed by atoms with Crippen LogP contribution in [0.5, 0.6) is 0 Å². The Morgan fingerprint density at radius 3 is 2.66 bits per heavy atom. The molecule has 0 atom stereocenters. The number of carbonyl (C=O) groups excluding carboxylic acids is 3. The first kappa shape index (κ1) is 25.7. The molecule has 0 bridgehead atoms. The number of benzene rings is 1. The Bertz CT molecular complexity index is 1190. The van der Waals surface area contributed by atoms with Gasteiger partial charge < -0.3 is 20.7 Å². The van der Waals surface area contributed by atoms with E-state index in [9.17, 15) is 14.4 Å². The molecule has 10 nitrogen and oxygen atoms in total. The van der Waals surface area contributed by atoms with Crippen LogP contribution in [0.3, 0.4) is 0 Å². The highest BCUT2D eigenvalue weighted by molar-refractivity contribution is 6.12. The molecular formula is C25H33N6O4+. The van der Waals surface area contributed by atoms with E-state index in [1.165, 1.54) is 0 Å². The first-order valence-corrected chi connectivity index (χ1v) is 11.5. The fourth-order valence-electron chi connectivity index (χ4n) is 3.76. The predicted molar refractivity (Wildman–Crippen MR) is 132 cm³/mol. The van der Waals surface area contributed by atoms with Crippen molar-refractivity contribution in [2.45, 2.75) is 46.3 Å². The third-order valence-electron chi connectivity index (χ3n) is 5.28. The molecule has 0 unspecified atom stereocenters. The maximum atomic E-state index is 13.0. The number of rotatable bonds is 7. The highest BCUT2D eigenvalue weighted by atomic mass is 16.6. The minimum absolute atomic E-state index is 0.294. The van der Waals surface area contributed by atoms with Crippen LogP contribution in [0.1, 0.15) is 54.1 Å². The van der Waals surface area contributed by atoms with Gasteiger partial charge in [0.05, 0.1) is 13.6 Å². The normalized spacial score (nSPS) is 14.4. The molecule has 1 aliphatic rings. The van der Waals surface area contributed by atoms with Crippen molar-refractivity contribution in [2.24, 2.45) is 17.8 Å². The number of amides is 3. The van der Waals surface area contributed by atoms with Crippen LogP contribution in [0, 0.1) is 0 Å². The number of anilines is 1. The Balaban J connectivity index is 1.80. The molecule has 3 amide bonds. The zero-order valence-electron chi connectivity index (χ0n) is 20.9. The quantitative estimate of drug-likeness (QED) is 0.463. The summed E-state index contributed by atoms with van der Waals surface area (Å²) in [5.74, 6) is -0.281. The minimum Gasteiger partial charge on any atom is -0.444 e.